The number of hydrogen-bond donors (Lipinski definition) is 0. The van der Waals surface area contributed by atoms with E-state index in [0.29, 0.717) is 12.8 Å². The summed E-state index contributed by atoms with van der Waals surface area (Å²) in [6.45, 7) is -3.34. The average molecular weight is 295 g/mol. The maximum absolute atomic E-state index is 12.7. The van der Waals surface area contributed by atoms with E-state index in [2.05, 4.69) is 9.05 Å². The second kappa shape index (κ2) is 4.65. The molecule has 0 N–H and O–H groups in total. The molecule has 16 heavy (non-hydrogen) atoms. The molecule has 0 aromatic carbocycles. The molecule has 2 fully saturated rings. The van der Waals surface area contributed by atoms with Gasteiger partial charge in [0.1, 0.15) is 0 Å². The third-order valence-electron chi connectivity index (χ3n) is 2.19. The first-order valence-corrected chi connectivity index (χ1v) is 8.50. The molecule has 0 amide bonds. The first-order valence-electron chi connectivity index (χ1n) is 4.62. The Hall–Kier alpha value is 0.520. The van der Waals surface area contributed by atoms with E-state index >= 15 is 0 Å². The van der Waals surface area contributed by atoms with E-state index in [-0.39, 0.29) is 13.2 Å². The maximum Gasteiger partial charge on any atom is 0.513 e. The van der Waals surface area contributed by atoms with Gasteiger partial charge in [-0.3, -0.25) is 18.1 Å². The minimum absolute atomic E-state index is 0.0557. The van der Waals surface area contributed by atoms with Crippen molar-refractivity contribution in [2.45, 2.75) is 25.0 Å². The molecule has 0 saturated carbocycles. The quantitative estimate of drug-likeness (QED) is 0.745. The highest BCUT2D eigenvalue weighted by Crippen LogP contribution is 2.59. The van der Waals surface area contributed by atoms with Crippen molar-refractivity contribution in [1.82, 2.24) is 0 Å². The lowest BCUT2D eigenvalue weighted by Gasteiger charge is -2.09. The highest BCUT2D eigenvalue weighted by Gasteiger charge is 2.39. The Morgan fingerprint density at radius 3 is 2.12 bits per heavy atom. The minimum atomic E-state index is -4.34. The number of halogens is 2. The molecule has 0 aliphatic carbocycles. The summed E-state index contributed by atoms with van der Waals surface area (Å²) in [7, 11) is -4.34. The van der Waals surface area contributed by atoms with Crippen LogP contribution in [-0.4, -0.2) is 25.4 Å². The summed E-state index contributed by atoms with van der Waals surface area (Å²) < 4.78 is 52.9. The van der Waals surface area contributed by atoms with Crippen molar-refractivity contribution in [2.24, 2.45) is 0 Å². The van der Waals surface area contributed by atoms with Crippen molar-refractivity contribution >= 4 is 26.1 Å². The second-order valence-electron chi connectivity index (χ2n) is 3.48. The molecule has 6 nitrogen and oxygen atoms in total. The largest absolute Gasteiger partial charge is 0.513 e. The molecule has 94 valence electrons. The van der Waals surface area contributed by atoms with Crippen LogP contribution in [0.2, 0.25) is 0 Å². The first kappa shape index (κ1) is 13.0. The zero-order valence-corrected chi connectivity index (χ0v) is 10.6. The molecule has 10 heteroatoms. The Labute approximate surface area is 96.3 Å². The van der Waals surface area contributed by atoms with Gasteiger partial charge in [-0.2, -0.15) is 0 Å². The van der Waals surface area contributed by atoms with Crippen LogP contribution in [0.25, 0.3) is 0 Å². The van der Waals surface area contributed by atoms with Gasteiger partial charge in [0, 0.05) is 11.2 Å². The zero-order valence-electron chi connectivity index (χ0n) is 8.08. The molecule has 2 saturated heterocycles. The summed E-state index contributed by atoms with van der Waals surface area (Å²) in [4.78, 5) is 0. The molecule has 0 radical (unpaired) electrons. The van der Waals surface area contributed by atoms with E-state index in [1.165, 1.54) is 0 Å². The lowest BCUT2D eigenvalue weighted by molar-refractivity contribution is 0.167. The summed E-state index contributed by atoms with van der Waals surface area (Å²) in [5.41, 5.74) is 0. The van der Waals surface area contributed by atoms with E-state index < -0.39 is 27.1 Å². The van der Waals surface area contributed by atoms with Crippen molar-refractivity contribution in [3.8, 4) is 0 Å². The van der Waals surface area contributed by atoms with Crippen molar-refractivity contribution in [3.05, 3.63) is 0 Å². The number of hydrogen-bond acceptors (Lipinski definition) is 6. The lowest BCUT2D eigenvalue weighted by Crippen LogP contribution is -2.15. The highest BCUT2D eigenvalue weighted by molar-refractivity contribution is 7.81. The molecule has 0 aromatic heterocycles. The van der Waals surface area contributed by atoms with Crippen LogP contribution in [0.3, 0.4) is 0 Å². The van der Waals surface area contributed by atoms with E-state index in [1.54, 1.807) is 0 Å². The van der Waals surface area contributed by atoms with Crippen LogP contribution in [0.4, 0.5) is 4.20 Å². The van der Waals surface area contributed by atoms with Gasteiger partial charge < -0.3 is 0 Å². The molecule has 4 unspecified atom stereocenters. The van der Waals surface area contributed by atoms with Crippen LogP contribution in [0.15, 0.2) is 0 Å². The van der Waals surface area contributed by atoms with E-state index in [1.807, 2.05) is 0 Å². The van der Waals surface area contributed by atoms with Crippen LogP contribution >= 0.6 is 26.1 Å². The fourth-order valence-electron chi connectivity index (χ4n) is 1.47. The number of rotatable bonds is 3. The molecule has 4 atom stereocenters. The summed E-state index contributed by atoms with van der Waals surface area (Å²) in [5.74, 6) is 0. The summed E-state index contributed by atoms with van der Waals surface area (Å²) >= 11 is 5.35. The highest BCUT2D eigenvalue weighted by atomic mass is 35.7. The van der Waals surface area contributed by atoms with Gasteiger partial charge in [0.2, 0.25) is 0 Å². The van der Waals surface area contributed by atoms with Crippen LogP contribution in [-0.2, 0) is 27.2 Å². The Bertz CT molecular complexity index is 331. The molecule has 0 aromatic rings. The van der Waals surface area contributed by atoms with Crippen LogP contribution in [0.1, 0.15) is 12.8 Å². The van der Waals surface area contributed by atoms with Gasteiger partial charge in [-0.05, 0) is 12.8 Å². The maximum atomic E-state index is 12.7. The van der Waals surface area contributed by atoms with Crippen LogP contribution < -0.4 is 0 Å². The van der Waals surface area contributed by atoms with E-state index in [0.717, 1.165) is 0 Å². The predicted molar refractivity (Wildman–Crippen MR) is 53.1 cm³/mol. The topological polar surface area (TPSA) is 71.1 Å². The van der Waals surface area contributed by atoms with Gasteiger partial charge in [-0.15, -0.1) is 4.20 Å². The molecule has 0 spiro atoms. The van der Waals surface area contributed by atoms with Crippen LogP contribution in [0, 0.1) is 0 Å². The van der Waals surface area contributed by atoms with E-state index in [9.17, 15) is 13.3 Å². The smallest absolute Gasteiger partial charge is 0.294 e. The standard InChI is InChI=1S/C6H10ClFO6P2/c7-15(9)11-3-5(13-15)1-2-6-4-12-16(8,10)14-6/h5-6H,1-4H2. The van der Waals surface area contributed by atoms with Crippen LogP contribution in [0.5, 0.6) is 0 Å². The van der Waals surface area contributed by atoms with Gasteiger partial charge in [0.15, 0.2) is 0 Å². The Kier molecular flexibility index (Phi) is 3.77. The molecular weight excluding hydrogens is 284 g/mol. The fourth-order valence-corrected chi connectivity index (χ4v) is 3.83. The monoisotopic (exact) mass is 294 g/mol. The predicted octanol–water partition coefficient (Wildman–Crippen LogP) is 3.02. The average Bonchev–Trinajstić information content (AvgIpc) is 2.66. The third-order valence-corrected chi connectivity index (χ3v) is 4.74. The SMILES string of the molecule is O=P1(F)OCC(CCC2COP(=O)(Cl)O2)O1. The van der Waals surface area contributed by atoms with Crippen molar-refractivity contribution in [1.29, 1.82) is 0 Å². The molecule has 0 bridgehead atoms. The summed E-state index contributed by atoms with van der Waals surface area (Å²) in [6, 6.07) is 0. The summed E-state index contributed by atoms with van der Waals surface area (Å²) in [5, 5.41) is 0. The van der Waals surface area contributed by atoms with Crippen molar-refractivity contribution in [3.63, 3.8) is 0 Å². The Morgan fingerprint density at radius 2 is 1.69 bits per heavy atom. The molecule has 2 aliphatic heterocycles. The molecule has 2 rings (SSSR count). The summed E-state index contributed by atoms with van der Waals surface area (Å²) in [6.07, 6.45) is -0.190. The Morgan fingerprint density at radius 1 is 1.12 bits per heavy atom. The van der Waals surface area contributed by atoms with Gasteiger partial charge in [-0.25, -0.2) is 9.13 Å². The van der Waals surface area contributed by atoms with Crippen molar-refractivity contribution < 1.29 is 31.4 Å². The third kappa shape index (κ3) is 3.50. The van der Waals surface area contributed by atoms with Gasteiger partial charge >= 0.3 is 14.9 Å². The van der Waals surface area contributed by atoms with Gasteiger partial charge in [0.05, 0.1) is 25.4 Å². The molecular formula is C6H10ClFO6P2. The normalized spacial score (nSPS) is 48.6. The Balaban J connectivity index is 1.73. The first-order chi connectivity index (χ1) is 7.36. The minimum Gasteiger partial charge on any atom is -0.294 e. The lowest BCUT2D eigenvalue weighted by atomic mass is 10.1. The second-order valence-corrected chi connectivity index (χ2v) is 7.39. The van der Waals surface area contributed by atoms with Gasteiger partial charge in [-0.1, -0.05) is 0 Å². The molecule has 2 aliphatic rings. The van der Waals surface area contributed by atoms with Gasteiger partial charge in [0.25, 0.3) is 0 Å². The zero-order chi connectivity index (χ0) is 11.8. The van der Waals surface area contributed by atoms with E-state index in [4.69, 9.17) is 20.3 Å². The molecule has 2 heterocycles. The fraction of sp³-hybridized carbons (Fsp3) is 1.00. The van der Waals surface area contributed by atoms with Crippen molar-refractivity contribution in [2.75, 3.05) is 13.2 Å².